The molecule has 1 aliphatic rings. The van der Waals surface area contributed by atoms with Crippen LogP contribution in [0.3, 0.4) is 0 Å². The fourth-order valence-electron chi connectivity index (χ4n) is 2.42. The molecule has 3 atom stereocenters. The standard InChI is InChI=1S/C16H27NO4/c1-13(6-7-15-4-2-8-20-15)17-10-14(18)11-19-12-16-5-3-9-21-16/h2,4,8,13-14,16-18H,3,5-7,9-12H2,1H3. The van der Waals surface area contributed by atoms with Gasteiger partial charge in [0.1, 0.15) is 5.76 Å². The normalized spacial score (nSPS) is 21.5. The number of aliphatic hydroxyl groups is 1. The van der Waals surface area contributed by atoms with Gasteiger partial charge in [0.05, 0.1) is 31.7 Å². The van der Waals surface area contributed by atoms with Gasteiger partial charge in [0.15, 0.2) is 0 Å². The van der Waals surface area contributed by atoms with E-state index in [1.54, 1.807) is 6.26 Å². The summed E-state index contributed by atoms with van der Waals surface area (Å²) in [6.07, 6.45) is 5.52. The molecule has 0 spiro atoms. The van der Waals surface area contributed by atoms with E-state index in [0.29, 0.717) is 25.8 Å². The van der Waals surface area contributed by atoms with Gasteiger partial charge in [0, 0.05) is 25.6 Å². The first-order chi connectivity index (χ1) is 10.2. The van der Waals surface area contributed by atoms with E-state index < -0.39 is 6.10 Å². The highest BCUT2D eigenvalue weighted by Crippen LogP contribution is 2.12. The zero-order valence-electron chi connectivity index (χ0n) is 12.8. The van der Waals surface area contributed by atoms with Gasteiger partial charge in [0.25, 0.3) is 0 Å². The van der Waals surface area contributed by atoms with Crippen LogP contribution in [0.5, 0.6) is 0 Å². The van der Waals surface area contributed by atoms with Crippen molar-refractivity contribution in [3.8, 4) is 0 Å². The van der Waals surface area contributed by atoms with Crippen LogP contribution in [-0.2, 0) is 15.9 Å². The molecule has 5 heteroatoms. The van der Waals surface area contributed by atoms with Crippen LogP contribution in [0.2, 0.25) is 0 Å². The molecule has 120 valence electrons. The summed E-state index contributed by atoms with van der Waals surface area (Å²) < 4.78 is 16.3. The zero-order chi connectivity index (χ0) is 14.9. The number of hydrogen-bond acceptors (Lipinski definition) is 5. The molecule has 0 aliphatic carbocycles. The lowest BCUT2D eigenvalue weighted by molar-refractivity contribution is -0.0169. The van der Waals surface area contributed by atoms with Crippen LogP contribution in [0.4, 0.5) is 0 Å². The van der Waals surface area contributed by atoms with Gasteiger partial charge in [-0.05, 0) is 38.3 Å². The van der Waals surface area contributed by atoms with Crippen LogP contribution in [0, 0.1) is 0 Å². The number of rotatable bonds is 10. The van der Waals surface area contributed by atoms with E-state index in [1.165, 1.54) is 0 Å². The molecule has 1 fully saturated rings. The molecule has 1 aromatic heterocycles. The summed E-state index contributed by atoms with van der Waals surface area (Å²) in [5.74, 6) is 1.00. The van der Waals surface area contributed by atoms with Crippen LogP contribution in [-0.4, -0.2) is 49.7 Å². The summed E-state index contributed by atoms with van der Waals surface area (Å²) in [7, 11) is 0. The van der Waals surface area contributed by atoms with Gasteiger partial charge in [0.2, 0.25) is 0 Å². The number of aliphatic hydroxyl groups excluding tert-OH is 1. The largest absolute Gasteiger partial charge is 0.469 e. The molecule has 1 aliphatic heterocycles. The van der Waals surface area contributed by atoms with E-state index >= 15 is 0 Å². The average molecular weight is 297 g/mol. The first-order valence-corrected chi connectivity index (χ1v) is 7.87. The maximum absolute atomic E-state index is 9.88. The highest BCUT2D eigenvalue weighted by Gasteiger charge is 2.16. The van der Waals surface area contributed by atoms with Crippen molar-refractivity contribution in [1.82, 2.24) is 5.32 Å². The molecule has 2 rings (SSSR count). The summed E-state index contributed by atoms with van der Waals surface area (Å²) in [6.45, 7) is 4.45. The predicted molar refractivity (Wildman–Crippen MR) is 80.3 cm³/mol. The molecule has 0 radical (unpaired) electrons. The Bertz CT molecular complexity index is 362. The van der Waals surface area contributed by atoms with Crippen LogP contribution in [0.1, 0.15) is 31.9 Å². The molecule has 21 heavy (non-hydrogen) atoms. The monoisotopic (exact) mass is 297 g/mol. The van der Waals surface area contributed by atoms with Gasteiger partial charge in [-0.3, -0.25) is 0 Å². The van der Waals surface area contributed by atoms with Crippen molar-refractivity contribution in [3.63, 3.8) is 0 Å². The maximum atomic E-state index is 9.88. The molecular formula is C16H27NO4. The van der Waals surface area contributed by atoms with Gasteiger partial charge in [-0.2, -0.15) is 0 Å². The van der Waals surface area contributed by atoms with E-state index in [1.807, 2.05) is 12.1 Å². The van der Waals surface area contributed by atoms with Crippen molar-refractivity contribution < 1.29 is 19.0 Å². The molecule has 0 saturated carbocycles. The molecule has 0 bridgehead atoms. The van der Waals surface area contributed by atoms with Crippen molar-refractivity contribution >= 4 is 0 Å². The van der Waals surface area contributed by atoms with Crippen molar-refractivity contribution in [3.05, 3.63) is 24.2 Å². The third kappa shape index (κ3) is 6.61. The molecule has 1 saturated heterocycles. The molecule has 1 aromatic rings. The van der Waals surface area contributed by atoms with E-state index in [9.17, 15) is 5.11 Å². The van der Waals surface area contributed by atoms with Crippen molar-refractivity contribution in [1.29, 1.82) is 0 Å². The smallest absolute Gasteiger partial charge is 0.103 e. The molecule has 3 unspecified atom stereocenters. The lowest BCUT2D eigenvalue weighted by Crippen LogP contribution is -2.36. The molecule has 0 aromatic carbocycles. The highest BCUT2D eigenvalue weighted by atomic mass is 16.5. The number of nitrogens with one attached hydrogen (secondary N) is 1. The fourth-order valence-corrected chi connectivity index (χ4v) is 2.42. The Labute approximate surface area is 126 Å². The second-order valence-electron chi connectivity index (χ2n) is 5.75. The molecule has 0 amide bonds. The van der Waals surface area contributed by atoms with Crippen molar-refractivity contribution in [2.24, 2.45) is 0 Å². The average Bonchev–Trinajstić information content (AvgIpc) is 3.16. The predicted octanol–water partition coefficient (Wildman–Crippen LogP) is 1.75. The zero-order valence-corrected chi connectivity index (χ0v) is 12.8. The van der Waals surface area contributed by atoms with Gasteiger partial charge < -0.3 is 24.3 Å². The molecular weight excluding hydrogens is 270 g/mol. The van der Waals surface area contributed by atoms with E-state index in [0.717, 1.165) is 38.1 Å². The first-order valence-electron chi connectivity index (χ1n) is 7.87. The van der Waals surface area contributed by atoms with Crippen molar-refractivity contribution in [2.75, 3.05) is 26.4 Å². The Morgan fingerprint density at radius 2 is 2.43 bits per heavy atom. The summed E-state index contributed by atoms with van der Waals surface area (Å²) in [5.41, 5.74) is 0. The molecule has 5 nitrogen and oxygen atoms in total. The SMILES string of the molecule is CC(CCc1ccco1)NCC(O)COCC1CCCO1. The minimum atomic E-state index is -0.475. The second kappa shape index (κ2) is 9.20. The summed E-state index contributed by atoms with van der Waals surface area (Å²) in [5, 5.41) is 13.2. The fraction of sp³-hybridized carbons (Fsp3) is 0.750. The topological polar surface area (TPSA) is 63.9 Å². The first kappa shape index (κ1) is 16.5. The van der Waals surface area contributed by atoms with Crippen LogP contribution >= 0.6 is 0 Å². The quantitative estimate of drug-likeness (QED) is 0.689. The Morgan fingerprint density at radius 1 is 1.52 bits per heavy atom. The number of ether oxygens (including phenoxy) is 2. The number of hydrogen-bond donors (Lipinski definition) is 2. The Morgan fingerprint density at radius 3 is 3.14 bits per heavy atom. The summed E-state index contributed by atoms with van der Waals surface area (Å²) in [6, 6.07) is 4.23. The van der Waals surface area contributed by atoms with Gasteiger partial charge in [-0.15, -0.1) is 0 Å². The van der Waals surface area contributed by atoms with Gasteiger partial charge >= 0.3 is 0 Å². The Hall–Kier alpha value is -0.880. The van der Waals surface area contributed by atoms with E-state index in [2.05, 4.69) is 12.2 Å². The minimum absolute atomic E-state index is 0.220. The Balaban J connectivity index is 1.48. The van der Waals surface area contributed by atoms with Crippen LogP contribution < -0.4 is 5.32 Å². The number of aryl methyl sites for hydroxylation is 1. The lowest BCUT2D eigenvalue weighted by atomic mass is 10.1. The lowest BCUT2D eigenvalue weighted by Gasteiger charge is -2.17. The summed E-state index contributed by atoms with van der Waals surface area (Å²) >= 11 is 0. The molecule has 2 heterocycles. The van der Waals surface area contributed by atoms with Gasteiger partial charge in [-0.1, -0.05) is 0 Å². The number of furan rings is 1. The Kier molecular flexibility index (Phi) is 7.23. The van der Waals surface area contributed by atoms with Crippen LogP contribution in [0.15, 0.2) is 22.8 Å². The van der Waals surface area contributed by atoms with Crippen molar-refractivity contribution in [2.45, 2.75) is 50.9 Å². The molecule has 2 N–H and O–H groups in total. The minimum Gasteiger partial charge on any atom is -0.469 e. The van der Waals surface area contributed by atoms with Gasteiger partial charge in [-0.25, -0.2) is 0 Å². The third-order valence-electron chi connectivity index (χ3n) is 3.74. The second-order valence-corrected chi connectivity index (χ2v) is 5.75. The van der Waals surface area contributed by atoms with E-state index in [4.69, 9.17) is 13.9 Å². The van der Waals surface area contributed by atoms with E-state index in [-0.39, 0.29) is 6.10 Å². The summed E-state index contributed by atoms with van der Waals surface area (Å²) in [4.78, 5) is 0. The highest BCUT2D eigenvalue weighted by molar-refractivity contribution is 4.98. The van der Waals surface area contributed by atoms with Crippen LogP contribution in [0.25, 0.3) is 0 Å². The maximum Gasteiger partial charge on any atom is 0.103 e. The third-order valence-corrected chi connectivity index (χ3v) is 3.74.